The van der Waals surface area contributed by atoms with E-state index < -0.39 is 18.3 Å². The van der Waals surface area contributed by atoms with E-state index in [9.17, 15) is 26.7 Å². The monoisotopic (exact) mass is 400 g/mol. The van der Waals surface area contributed by atoms with E-state index in [1.807, 2.05) is 0 Å². The van der Waals surface area contributed by atoms with Crippen molar-refractivity contribution in [1.29, 1.82) is 0 Å². The number of carbonyl (C=O) groups is 1. The van der Waals surface area contributed by atoms with Crippen LogP contribution in [-0.2, 0) is 17.4 Å². The molecular weight excluding hydrogens is 383 g/mol. The summed E-state index contributed by atoms with van der Waals surface area (Å²) < 4.78 is 65.0. The molecule has 1 N–H and O–H groups in total. The second kappa shape index (κ2) is 7.61. The van der Waals surface area contributed by atoms with Crippen LogP contribution in [0.5, 0.6) is 0 Å². The van der Waals surface area contributed by atoms with Crippen LogP contribution >= 0.6 is 0 Å². The van der Waals surface area contributed by atoms with E-state index in [0.29, 0.717) is 34.7 Å². The van der Waals surface area contributed by atoms with Crippen LogP contribution in [0.4, 0.5) is 33.3 Å². The lowest BCUT2D eigenvalue weighted by Crippen LogP contribution is -2.38. The van der Waals surface area contributed by atoms with Gasteiger partial charge in [0.05, 0.1) is 23.1 Å². The van der Waals surface area contributed by atoms with Crippen molar-refractivity contribution in [2.75, 3.05) is 18.0 Å². The van der Waals surface area contributed by atoms with E-state index in [2.05, 4.69) is 17.0 Å². The normalized spacial score (nSPS) is 16.8. The molecule has 150 valence electrons. The van der Waals surface area contributed by atoms with Crippen LogP contribution in [0.15, 0.2) is 43.1 Å². The number of halogens is 5. The Morgan fingerprint density at radius 2 is 2.00 bits per heavy atom. The number of alkyl halides is 5. The molecule has 10 heteroatoms. The van der Waals surface area contributed by atoms with Gasteiger partial charge in [-0.15, -0.1) is 0 Å². The molecule has 1 aromatic heterocycles. The lowest BCUT2D eigenvalue weighted by Gasteiger charge is -2.33. The van der Waals surface area contributed by atoms with E-state index in [1.54, 1.807) is 4.90 Å². The van der Waals surface area contributed by atoms with Crippen LogP contribution in [0, 0.1) is 5.92 Å². The number of amides is 1. The van der Waals surface area contributed by atoms with Crippen LogP contribution in [0.2, 0.25) is 0 Å². The fourth-order valence-corrected chi connectivity index (χ4v) is 3.11. The van der Waals surface area contributed by atoms with Gasteiger partial charge in [-0.1, -0.05) is 6.58 Å². The molecular formula is C18H17F5N4O. The Kier molecular flexibility index (Phi) is 5.39. The molecule has 0 radical (unpaired) electrons. The van der Waals surface area contributed by atoms with Gasteiger partial charge in [0.2, 0.25) is 5.91 Å². The smallest absolute Gasteiger partial charge is 0.352 e. The van der Waals surface area contributed by atoms with Crippen molar-refractivity contribution in [2.24, 2.45) is 5.92 Å². The Morgan fingerprint density at radius 1 is 1.32 bits per heavy atom. The highest BCUT2D eigenvalue weighted by atomic mass is 19.4. The first kappa shape index (κ1) is 19.8. The largest absolute Gasteiger partial charge is 0.416 e. The third-order valence-corrected chi connectivity index (χ3v) is 4.46. The maximum Gasteiger partial charge on any atom is 0.416 e. The molecule has 0 aliphatic carbocycles. The van der Waals surface area contributed by atoms with Crippen LogP contribution in [-0.4, -0.2) is 28.8 Å². The standard InChI is InChI=1S/C18H17F5N4O/c1-2-16(28)24-8-11-7-14-15(10-27(25-14)17(19)20)26(9-11)13-5-3-12(4-6-13)18(21,22)23/h2-6,10-11,17H,1,7-9H2,(H,24,28). The van der Waals surface area contributed by atoms with Gasteiger partial charge in [0, 0.05) is 18.8 Å². The Balaban J connectivity index is 1.91. The number of benzene rings is 1. The maximum absolute atomic E-state index is 13.1. The zero-order chi connectivity index (χ0) is 20.5. The quantitative estimate of drug-likeness (QED) is 0.612. The summed E-state index contributed by atoms with van der Waals surface area (Å²) in [6.07, 6.45) is -1.82. The molecule has 1 aromatic carbocycles. The molecule has 0 saturated carbocycles. The van der Waals surface area contributed by atoms with E-state index in [4.69, 9.17) is 0 Å². The highest BCUT2D eigenvalue weighted by Crippen LogP contribution is 2.37. The number of carbonyl (C=O) groups excluding carboxylic acids is 1. The Bertz CT molecular complexity index is 860. The second-order valence-corrected chi connectivity index (χ2v) is 6.39. The Hall–Kier alpha value is -2.91. The average Bonchev–Trinajstić information content (AvgIpc) is 3.09. The number of anilines is 2. The van der Waals surface area contributed by atoms with Gasteiger partial charge in [-0.05, 0) is 42.7 Å². The van der Waals surface area contributed by atoms with Crippen molar-refractivity contribution in [3.05, 3.63) is 54.4 Å². The van der Waals surface area contributed by atoms with Crippen LogP contribution < -0.4 is 10.2 Å². The highest BCUT2D eigenvalue weighted by molar-refractivity contribution is 5.86. The summed E-state index contributed by atoms with van der Waals surface area (Å²) in [5, 5.41) is 6.54. The molecule has 28 heavy (non-hydrogen) atoms. The van der Waals surface area contributed by atoms with Gasteiger partial charge in [-0.25, -0.2) is 4.68 Å². The number of hydrogen-bond donors (Lipinski definition) is 1. The molecule has 2 heterocycles. The number of rotatable bonds is 5. The van der Waals surface area contributed by atoms with Crippen molar-refractivity contribution < 1.29 is 26.7 Å². The van der Waals surface area contributed by atoms with Crippen molar-refractivity contribution in [1.82, 2.24) is 15.1 Å². The first-order chi connectivity index (χ1) is 13.2. The average molecular weight is 400 g/mol. The minimum absolute atomic E-state index is 0.167. The maximum atomic E-state index is 13.1. The van der Waals surface area contributed by atoms with Gasteiger partial charge < -0.3 is 10.2 Å². The van der Waals surface area contributed by atoms with Crippen molar-refractivity contribution >= 4 is 17.3 Å². The highest BCUT2D eigenvalue weighted by Gasteiger charge is 2.32. The Labute approximate surface area is 157 Å². The molecule has 2 aromatic rings. The predicted molar refractivity (Wildman–Crippen MR) is 92.3 cm³/mol. The molecule has 1 unspecified atom stereocenters. The van der Waals surface area contributed by atoms with Gasteiger partial charge in [-0.3, -0.25) is 4.79 Å². The first-order valence-corrected chi connectivity index (χ1v) is 8.40. The van der Waals surface area contributed by atoms with Crippen molar-refractivity contribution in [3.8, 4) is 0 Å². The SMILES string of the molecule is C=CC(=O)NCC1Cc2nn(C(F)F)cc2N(c2ccc(C(F)(F)F)cc2)C1. The summed E-state index contributed by atoms with van der Waals surface area (Å²) in [7, 11) is 0. The van der Waals surface area contributed by atoms with Crippen molar-refractivity contribution in [3.63, 3.8) is 0 Å². The predicted octanol–water partition coefficient (Wildman–Crippen LogP) is 3.91. The summed E-state index contributed by atoms with van der Waals surface area (Å²) in [6, 6.07) is 4.46. The summed E-state index contributed by atoms with van der Waals surface area (Å²) in [4.78, 5) is 13.0. The molecule has 5 nitrogen and oxygen atoms in total. The van der Waals surface area contributed by atoms with Gasteiger partial charge >= 0.3 is 12.7 Å². The fraction of sp³-hybridized carbons (Fsp3) is 0.333. The van der Waals surface area contributed by atoms with Gasteiger partial charge in [0.1, 0.15) is 0 Å². The molecule has 0 saturated heterocycles. The topological polar surface area (TPSA) is 50.2 Å². The molecule has 0 bridgehead atoms. The minimum atomic E-state index is -4.47. The lowest BCUT2D eigenvalue weighted by atomic mass is 9.96. The molecule has 1 aliphatic rings. The second-order valence-electron chi connectivity index (χ2n) is 6.39. The van der Waals surface area contributed by atoms with Gasteiger partial charge in [0.25, 0.3) is 0 Å². The zero-order valence-electron chi connectivity index (χ0n) is 14.6. The molecule has 0 fully saturated rings. The number of fused-ring (bicyclic) bond motifs is 1. The molecule has 1 amide bonds. The van der Waals surface area contributed by atoms with Crippen LogP contribution in [0.1, 0.15) is 17.8 Å². The number of hydrogen-bond acceptors (Lipinski definition) is 3. The minimum Gasteiger partial charge on any atom is -0.352 e. The third kappa shape index (κ3) is 4.15. The van der Waals surface area contributed by atoms with E-state index >= 15 is 0 Å². The Morgan fingerprint density at radius 3 is 2.57 bits per heavy atom. The van der Waals surface area contributed by atoms with Crippen molar-refractivity contribution in [2.45, 2.75) is 19.1 Å². The molecule has 0 spiro atoms. The first-order valence-electron chi connectivity index (χ1n) is 8.40. The zero-order valence-corrected chi connectivity index (χ0v) is 14.6. The van der Waals surface area contributed by atoms with E-state index in [-0.39, 0.29) is 18.4 Å². The lowest BCUT2D eigenvalue weighted by molar-refractivity contribution is -0.137. The third-order valence-electron chi connectivity index (χ3n) is 4.46. The van der Waals surface area contributed by atoms with Crippen LogP contribution in [0.3, 0.4) is 0 Å². The van der Waals surface area contributed by atoms with E-state index in [1.165, 1.54) is 18.3 Å². The fourth-order valence-electron chi connectivity index (χ4n) is 3.11. The van der Waals surface area contributed by atoms with Gasteiger partial charge in [0.15, 0.2) is 0 Å². The number of nitrogens with zero attached hydrogens (tertiary/aromatic N) is 3. The summed E-state index contributed by atoms with van der Waals surface area (Å²) in [6.45, 7) is 1.10. The summed E-state index contributed by atoms with van der Waals surface area (Å²) >= 11 is 0. The van der Waals surface area contributed by atoms with Gasteiger partial charge in [-0.2, -0.15) is 27.1 Å². The van der Waals surface area contributed by atoms with E-state index in [0.717, 1.165) is 18.2 Å². The molecule has 1 aliphatic heterocycles. The number of aromatic nitrogens is 2. The summed E-state index contributed by atoms with van der Waals surface area (Å²) in [5.74, 6) is -0.537. The molecule has 1 atom stereocenters. The van der Waals surface area contributed by atoms with Crippen LogP contribution in [0.25, 0.3) is 0 Å². The number of nitrogens with one attached hydrogen (secondary N) is 1. The summed E-state index contributed by atoms with van der Waals surface area (Å²) in [5.41, 5.74) is 0.421. The molecule has 3 rings (SSSR count).